The number of halogens is 1. The fourth-order valence-corrected chi connectivity index (χ4v) is 1.21. The molecular formula is C10H14BrN3O. The van der Waals surface area contributed by atoms with Gasteiger partial charge >= 0.3 is 0 Å². The Bertz CT molecular complexity index is 337. The van der Waals surface area contributed by atoms with Gasteiger partial charge in [-0.05, 0) is 34.0 Å². The third-order valence-electron chi connectivity index (χ3n) is 2.02. The van der Waals surface area contributed by atoms with Crippen LogP contribution in [0, 0.1) is 5.92 Å². The topological polar surface area (TPSA) is 68.0 Å². The van der Waals surface area contributed by atoms with Crippen LogP contribution in [0.2, 0.25) is 0 Å². The number of amides is 1. The molecule has 0 saturated carbocycles. The number of rotatable bonds is 3. The van der Waals surface area contributed by atoms with Crippen LogP contribution in [0.25, 0.3) is 0 Å². The number of carbonyl (C=O) groups is 1. The van der Waals surface area contributed by atoms with Gasteiger partial charge in [0.1, 0.15) is 4.60 Å². The second-order valence-corrected chi connectivity index (χ2v) is 4.44. The number of pyridine rings is 1. The fraction of sp³-hybridized carbons (Fsp3) is 0.400. The molecular weight excluding hydrogens is 258 g/mol. The predicted octanol–water partition coefficient (Wildman–Crippen LogP) is 1.77. The maximum atomic E-state index is 11.6. The van der Waals surface area contributed by atoms with E-state index in [1.165, 1.54) is 0 Å². The summed E-state index contributed by atoms with van der Waals surface area (Å²) in [4.78, 5) is 15.6. The van der Waals surface area contributed by atoms with Crippen LogP contribution < -0.4 is 11.1 Å². The molecule has 0 spiro atoms. The average molecular weight is 272 g/mol. The second-order valence-electron chi connectivity index (χ2n) is 3.63. The molecule has 0 aliphatic heterocycles. The highest BCUT2D eigenvalue weighted by Gasteiger charge is 2.16. The molecule has 0 saturated heterocycles. The van der Waals surface area contributed by atoms with Crippen molar-refractivity contribution in [2.24, 2.45) is 11.7 Å². The lowest BCUT2D eigenvalue weighted by Gasteiger charge is -2.14. The summed E-state index contributed by atoms with van der Waals surface area (Å²) < 4.78 is 0.730. The number of nitrogens with one attached hydrogen (secondary N) is 1. The van der Waals surface area contributed by atoms with E-state index in [0.717, 1.165) is 4.60 Å². The Morgan fingerprint density at radius 3 is 2.67 bits per heavy atom. The predicted molar refractivity (Wildman–Crippen MR) is 63.4 cm³/mol. The Morgan fingerprint density at radius 2 is 2.20 bits per heavy atom. The molecule has 0 radical (unpaired) electrons. The van der Waals surface area contributed by atoms with E-state index in [2.05, 4.69) is 26.2 Å². The number of carbonyl (C=O) groups excluding carboxylic acids is 1. The molecule has 3 N–H and O–H groups in total. The van der Waals surface area contributed by atoms with Gasteiger partial charge in [0.15, 0.2) is 0 Å². The average Bonchev–Trinajstić information content (AvgIpc) is 2.20. The van der Waals surface area contributed by atoms with E-state index >= 15 is 0 Å². The SMILES string of the molecule is CC(C)[C@H](N)C(=O)Nc1ccc(Br)nc1. The monoisotopic (exact) mass is 271 g/mol. The van der Waals surface area contributed by atoms with Crippen LogP contribution in [-0.2, 0) is 4.79 Å². The van der Waals surface area contributed by atoms with Gasteiger partial charge in [-0.3, -0.25) is 4.79 Å². The number of hydrogen-bond acceptors (Lipinski definition) is 3. The second kappa shape index (κ2) is 5.23. The standard InChI is InChI=1S/C10H14BrN3O/c1-6(2)9(12)10(15)14-7-3-4-8(11)13-5-7/h3-6,9H,12H2,1-2H3,(H,14,15)/t9-/m0/s1. The van der Waals surface area contributed by atoms with Gasteiger partial charge in [-0.15, -0.1) is 0 Å². The molecule has 5 heteroatoms. The number of hydrogen-bond donors (Lipinski definition) is 2. The van der Waals surface area contributed by atoms with Crippen molar-refractivity contribution in [3.8, 4) is 0 Å². The summed E-state index contributed by atoms with van der Waals surface area (Å²) in [5, 5.41) is 2.70. The molecule has 1 rings (SSSR count). The lowest BCUT2D eigenvalue weighted by atomic mass is 10.1. The molecule has 1 aromatic rings. The number of aromatic nitrogens is 1. The lowest BCUT2D eigenvalue weighted by molar-refractivity contribution is -0.118. The normalized spacial score (nSPS) is 12.6. The molecule has 15 heavy (non-hydrogen) atoms. The van der Waals surface area contributed by atoms with Crippen molar-refractivity contribution in [2.75, 3.05) is 5.32 Å². The van der Waals surface area contributed by atoms with Crippen molar-refractivity contribution in [2.45, 2.75) is 19.9 Å². The maximum absolute atomic E-state index is 11.6. The van der Waals surface area contributed by atoms with Gasteiger partial charge in [-0.2, -0.15) is 0 Å². The Morgan fingerprint density at radius 1 is 1.53 bits per heavy atom. The van der Waals surface area contributed by atoms with Gasteiger partial charge in [0.25, 0.3) is 0 Å². The molecule has 4 nitrogen and oxygen atoms in total. The summed E-state index contributed by atoms with van der Waals surface area (Å²) >= 11 is 3.22. The quantitative estimate of drug-likeness (QED) is 0.824. The summed E-state index contributed by atoms with van der Waals surface area (Å²) in [5.74, 6) is -0.0671. The minimum Gasteiger partial charge on any atom is -0.323 e. The van der Waals surface area contributed by atoms with E-state index in [9.17, 15) is 4.79 Å². The lowest BCUT2D eigenvalue weighted by Crippen LogP contribution is -2.39. The smallest absolute Gasteiger partial charge is 0.241 e. The summed E-state index contributed by atoms with van der Waals surface area (Å²) in [6.45, 7) is 3.81. The number of nitrogens with zero attached hydrogens (tertiary/aromatic N) is 1. The van der Waals surface area contributed by atoms with Gasteiger partial charge in [0.2, 0.25) is 5.91 Å². The highest BCUT2D eigenvalue weighted by Crippen LogP contribution is 2.11. The number of anilines is 1. The van der Waals surface area contributed by atoms with E-state index in [1.807, 2.05) is 13.8 Å². The van der Waals surface area contributed by atoms with Gasteiger partial charge in [0, 0.05) is 0 Å². The molecule has 1 aromatic heterocycles. The van der Waals surface area contributed by atoms with Crippen LogP contribution in [0.3, 0.4) is 0 Å². The third-order valence-corrected chi connectivity index (χ3v) is 2.48. The zero-order valence-corrected chi connectivity index (χ0v) is 10.3. The molecule has 82 valence electrons. The van der Waals surface area contributed by atoms with E-state index in [4.69, 9.17) is 5.73 Å². The molecule has 0 aliphatic rings. The largest absolute Gasteiger partial charge is 0.323 e. The van der Waals surface area contributed by atoms with Crippen molar-refractivity contribution in [3.05, 3.63) is 22.9 Å². The third kappa shape index (κ3) is 3.60. The maximum Gasteiger partial charge on any atom is 0.241 e. The van der Waals surface area contributed by atoms with Crippen LogP contribution in [0.4, 0.5) is 5.69 Å². The molecule has 1 heterocycles. The molecule has 0 aromatic carbocycles. The summed E-state index contributed by atoms with van der Waals surface area (Å²) in [6.07, 6.45) is 1.58. The highest BCUT2D eigenvalue weighted by molar-refractivity contribution is 9.10. The van der Waals surface area contributed by atoms with Crippen molar-refractivity contribution >= 4 is 27.5 Å². The summed E-state index contributed by atoms with van der Waals surface area (Å²) in [5.41, 5.74) is 6.35. The minimum atomic E-state index is -0.492. The first-order valence-electron chi connectivity index (χ1n) is 4.68. The van der Waals surface area contributed by atoms with Crippen molar-refractivity contribution < 1.29 is 4.79 Å². The molecule has 1 atom stereocenters. The van der Waals surface area contributed by atoms with Crippen LogP contribution >= 0.6 is 15.9 Å². The van der Waals surface area contributed by atoms with Gasteiger partial charge < -0.3 is 11.1 Å². The molecule has 0 aliphatic carbocycles. The first-order valence-corrected chi connectivity index (χ1v) is 5.48. The van der Waals surface area contributed by atoms with Crippen LogP contribution in [-0.4, -0.2) is 16.9 Å². The van der Waals surface area contributed by atoms with Gasteiger partial charge in [-0.25, -0.2) is 4.98 Å². The van der Waals surface area contributed by atoms with Crippen LogP contribution in [0.1, 0.15) is 13.8 Å². The Hall–Kier alpha value is -0.940. The minimum absolute atomic E-state index is 0.119. The first-order chi connectivity index (χ1) is 7.00. The van der Waals surface area contributed by atoms with Crippen LogP contribution in [0.5, 0.6) is 0 Å². The van der Waals surface area contributed by atoms with E-state index in [0.29, 0.717) is 5.69 Å². The highest BCUT2D eigenvalue weighted by atomic mass is 79.9. The summed E-state index contributed by atoms with van der Waals surface area (Å²) in [6, 6.07) is 3.03. The Labute approximate surface area is 97.4 Å². The van der Waals surface area contributed by atoms with E-state index < -0.39 is 6.04 Å². The van der Waals surface area contributed by atoms with E-state index in [-0.39, 0.29) is 11.8 Å². The zero-order valence-electron chi connectivity index (χ0n) is 8.70. The first kappa shape index (κ1) is 12.1. The Kier molecular flexibility index (Phi) is 4.23. The molecule has 1 amide bonds. The fourth-order valence-electron chi connectivity index (χ4n) is 0.978. The van der Waals surface area contributed by atoms with Crippen LogP contribution in [0.15, 0.2) is 22.9 Å². The van der Waals surface area contributed by atoms with Crippen molar-refractivity contribution in [1.29, 1.82) is 0 Å². The van der Waals surface area contributed by atoms with Crippen molar-refractivity contribution in [1.82, 2.24) is 4.98 Å². The summed E-state index contributed by atoms with van der Waals surface area (Å²) in [7, 11) is 0. The van der Waals surface area contributed by atoms with Gasteiger partial charge in [-0.1, -0.05) is 13.8 Å². The van der Waals surface area contributed by atoms with Gasteiger partial charge in [0.05, 0.1) is 17.9 Å². The molecule has 0 fully saturated rings. The zero-order chi connectivity index (χ0) is 11.4. The van der Waals surface area contributed by atoms with E-state index in [1.54, 1.807) is 18.3 Å². The number of nitrogens with two attached hydrogens (primary N) is 1. The van der Waals surface area contributed by atoms with Crippen molar-refractivity contribution in [3.63, 3.8) is 0 Å². The molecule has 0 unspecified atom stereocenters. The molecule has 0 bridgehead atoms. The Balaban J connectivity index is 2.62.